The number of rotatable bonds is 2. The third kappa shape index (κ3) is 1.99. The highest BCUT2D eigenvalue weighted by atomic mass is 16.3. The smallest absolute Gasteiger partial charge is 0.249 e. The van der Waals surface area contributed by atoms with Gasteiger partial charge in [0.15, 0.2) is 0 Å². The van der Waals surface area contributed by atoms with Crippen molar-refractivity contribution in [2.24, 2.45) is 5.73 Å². The first-order valence-corrected chi connectivity index (χ1v) is 6.28. The van der Waals surface area contributed by atoms with E-state index in [9.17, 15) is 9.90 Å². The highest BCUT2D eigenvalue weighted by molar-refractivity contribution is 6.01. The van der Waals surface area contributed by atoms with Crippen LogP contribution in [0.25, 0.3) is 21.9 Å². The van der Waals surface area contributed by atoms with E-state index in [1.165, 1.54) is 0 Å². The monoisotopic (exact) mass is 263 g/mol. The fourth-order valence-corrected chi connectivity index (χ4v) is 2.37. The van der Waals surface area contributed by atoms with Gasteiger partial charge >= 0.3 is 0 Å². The summed E-state index contributed by atoms with van der Waals surface area (Å²) >= 11 is 0. The molecule has 0 aliphatic heterocycles. The zero-order chi connectivity index (χ0) is 14.1. The zero-order valence-electron chi connectivity index (χ0n) is 10.7. The molecule has 3 heteroatoms. The van der Waals surface area contributed by atoms with Crippen LogP contribution in [0.15, 0.2) is 60.7 Å². The molecule has 3 nitrogen and oxygen atoms in total. The van der Waals surface area contributed by atoms with Gasteiger partial charge in [0, 0.05) is 10.9 Å². The summed E-state index contributed by atoms with van der Waals surface area (Å²) in [4.78, 5) is 11.5. The molecule has 0 unspecified atom stereocenters. The van der Waals surface area contributed by atoms with E-state index in [4.69, 9.17) is 5.73 Å². The maximum Gasteiger partial charge on any atom is 0.249 e. The second kappa shape index (κ2) is 4.70. The van der Waals surface area contributed by atoms with Gasteiger partial charge in [0.1, 0.15) is 5.75 Å². The summed E-state index contributed by atoms with van der Waals surface area (Å²) in [6.45, 7) is 0. The molecule has 0 fully saturated rings. The first-order chi connectivity index (χ1) is 9.66. The SMILES string of the molecule is NC(=O)c1ccccc1-c1ccc2cccc(O)c2c1. The number of amides is 1. The molecule has 20 heavy (non-hydrogen) atoms. The van der Waals surface area contributed by atoms with Crippen LogP contribution in [0.1, 0.15) is 10.4 Å². The molecule has 3 aromatic rings. The van der Waals surface area contributed by atoms with Crippen molar-refractivity contribution in [3.8, 4) is 16.9 Å². The number of carbonyl (C=O) groups excluding carboxylic acids is 1. The van der Waals surface area contributed by atoms with Gasteiger partial charge in [-0.05, 0) is 34.7 Å². The highest BCUT2D eigenvalue weighted by Crippen LogP contribution is 2.31. The van der Waals surface area contributed by atoms with Crippen molar-refractivity contribution in [2.45, 2.75) is 0 Å². The summed E-state index contributed by atoms with van der Waals surface area (Å²) in [5.41, 5.74) is 7.50. The lowest BCUT2D eigenvalue weighted by Gasteiger charge is -2.08. The van der Waals surface area contributed by atoms with Gasteiger partial charge in [-0.25, -0.2) is 0 Å². The normalized spacial score (nSPS) is 10.6. The van der Waals surface area contributed by atoms with Crippen molar-refractivity contribution in [1.29, 1.82) is 0 Å². The Kier molecular flexibility index (Phi) is 2.88. The van der Waals surface area contributed by atoms with Crippen LogP contribution in [-0.4, -0.2) is 11.0 Å². The van der Waals surface area contributed by atoms with Crippen LogP contribution in [0.3, 0.4) is 0 Å². The van der Waals surface area contributed by atoms with E-state index in [0.717, 1.165) is 21.9 Å². The Morgan fingerprint density at radius 3 is 2.55 bits per heavy atom. The minimum absolute atomic E-state index is 0.223. The van der Waals surface area contributed by atoms with Crippen LogP contribution in [0.2, 0.25) is 0 Å². The fraction of sp³-hybridized carbons (Fsp3) is 0. The van der Waals surface area contributed by atoms with Gasteiger partial charge in [-0.15, -0.1) is 0 Å². The van der Waals surface area contributed by atoms with Gasteiger partial charge in [0.2, 0.25) is 5.91 Å². The number of fused-ring (bicyclic) bond motifs is 1. The van der Waals surface area contributed by atoms with E-state index in [1.807, 2.05) is 36.4 Å². The molecule has 0 saturated heterocycles. The Hall–Kier alpha value is -2.81. The number of hydrogen-bond acceptors (Lipinski definition) is 2. The first-order valence-electron chi connectivity index (χ1n) is 6.28. The molecule has 98 valence electrons. The molecule has 0 heterocycles. The Morgan fingerprint density at radius 1 is 0.950 bits per heavy atom. The average Bonchev–Trinajstić information content (AvgIpc) is 2.47. The molecular formula is C17H13NO2. The fourth-order valence-electron chi connectivity index (χ4n) is 2.37. The molecule has 3 rings (SSSR count). The molecule has 3 aromatic carbocycles. The van der Waals surface area contributed by atoms with E-state index < -0.39 is 5.91 Å². The van der Waals surface area contributed by atoms with Crippen LogP contribution in [-0.2, 0) is 0 Å². The predicted molar refractivity (Wildman–Crippen MR) is 79.6 cm³/mol. The number of primary amides is 1. The number of phenolic OH excluding ortho intramolecular Hbond substituents is 1. The third-order valence-corrected chi connectivity index (χ3v) is 3.36. The standard InChI is InChI=1S/C17H13NO2/c18-17(20)14-6-2-1-5-13(14)12-9-8-11-4-3-7-16(19)15(11)10-12/h1-10,19H,(H2,18,20). The second-order valence-corrected chi connectivity index (χ2v) is 4.62. The Bertz CT molecular complexity index is 809. The summed E-state index contributed by atoms with van der Waals surface area (Å²) < 4.78 is 0. The van der Waals surface area contributed by atoms with Crippen LogP contribution < -0.4 is 5.73 Å². The Labute approximate surface area is 116 Å². The van der Waals surface area contributed by atoms with Crippen LogP contribution in [0, 0.1) is 0 Å². The van der Waals surface area contributed by atoms with Crippen molar-refractivity contribution in [1.82, 2.24) is 0 Å². The van der Waals surface area contributed by atoms with Crippen molar-refractivity contribution >= 4 is 16.7 Å². The number of benzene rings is 3. The van der Waals surface area contributed by atoms with E-state index in [0.29, 0.717) is 5.56 Å². The van der Waals surface area contributed by atoms with Gasteiger partial charge < -0.3 is 10.8 Å². The Balaban J connectivity index is 2.25. The van der Waals surface area contributed by atoms with Crippen LogP contribution >= 0.6 is 0 Å². The molecule has 0 spiro atoms. The lowest BCUT2D eigenvalue weighted by Crippen LogP contribution is -2.12. The van der Waals surface area contributed by atoms with E-state index >= 15 is 0 Å². The minimum atomic E-state index is -0.460. The number of hydrogen-bond donors (Lipinski definition) is 2. The summed E-state index contributed by atoms with van der Waals surface area (Å²) in [5.74, 6) is -0.237. The van der Waals surface area contributed by atoms with Crippen molar-refractivity contribution in [3.63, 3.8) is 0 Å². The number of phenols is 1. The minimum Gasteiger partial charge on any atom is -0.507 e. The zero-order valence-corrected chi connectivity index (χ0v) is 10.7. The third-order valence-electron chi connectivity index (χ3n) is 3.36. The molecule has 0 radical (unpaired) electrons. The second-order valence-electron chi connectivity index (χ2n) is 4.62. The molecule has 0 aromatic heterocycles. The van der Waals surface area contributed by atoms with Gasteiger partial charge in [-0.3, -0.25) is 4.79 Å². The number of aromatic hydroxyl groups is 1. The summed E-state index contributed by atoms with van der Waals surface area (Å²) in [6, 6.07) is 18.3. The molecule has 0 bridgehead atoms. The van der Waals surface area contributed by atoms with Gasteiger partial charge in [-0.2, -0.15) is 0 Å². The summed E-state index contributed by atoms with van der Waals surface area (Å²) in [5, 5.41) is 11.6. The molecular weight excluding hydrogens is 250 g/mol. The molecule has 0 atom stereocenters. The molecule has 0 aliphatic rings. The van der Waals surface area contributed by atoms with Gasteiger partial charge in [-0.1, -0.05) is 42.5 Å². The van der Waals surface area contributed by atoms with Gasteiger partial charge in [0.05, 0.1) is 0 Å². The number of carbonyl (C=O) groups is 1. The first kappa shape index (κ1) is 12.2. The van der Waals surface area contributed by atoms with E-state index in [-0.39, 0.29) is 5.75 Å². The van der Waals surface area contributed by atoms with E-state index in [1.54, 1.807) is 24.3 Å². The largest absolute Gasteiger partial charge is 0.507 e. The molecule has 0 saturated carbocycles. The molecule has 0 aliphatic carbocycles. The van der Waals surface area contributed by atoms with Crippen LogP contribution in [0.5, 0.6) is 5.75 Å². The quantitative estimate of drug-likeness (QED) is 0.745. The van der Waals surface area contributed by atoms with Crippen molar-refractivity contribution in [2.75, 3.05) is 0 Å². The highest BCUT2D eigenvalue weighted by Gasteiger charge is 2.10. The number of nitrogens with two attached hydrogens (primary N) is 1. The molecule has 1 amide bonds. The maximum absolute atomic E-state index is 11.5. The summed E-state index contributed by atoms with van der Waals surface area (Å²) in [7, 11) is 0. The maximum atomic E-state index is 11.5. The average molecular weight is 263 g/mol. The van der Waals surface area contributed by atoms with Crippen molar-refractivity contribution < 1.29 is 9.90 Å². The Morgan fingerprint density at radius 2 is 1.75 bits per heavy atom. The summed E-state index contributed by atoms with van der Waals surface area (Å²) in [6.07, 6.45) is 0. The lowest BCUT2D eigenvalue weighted by molar-refractivity contribution is 0.100. The molecule has 3 N–H and O–H groups in total. The van der Waals surface area contributed by atoms with E-state index in [2.05, 4.69) is 0 Å². The predicted octanol–water partition coefficient (Wildman–Crippen LogP) is 3.31. The lowest BCUT2D eigenvalue weighted by atomic mass is 9.96. The topological polar surface area (TPSA) is 63.3 Å². The van der Waals surface area contributed by atoms with Gasteiger partial charge in [0.25, 0.3) is 0 Å². The van der Waals surface area contributed by atoms with Crippen LogP contribution in [0.4, 0.5) is 0 Å². The van der Waals surface area contributed by atoms with Crippen molar-refractivity contribution in [3.05, 3.63) is 66.2 Å².